The minimum atomic E-state index is -1.13. The number of carbonyl (C=O) groups excluding carboxylic acids is 3. The van der Waals surface area contributed by atoms with E-state index in [1.807, 2.05) is 72.9 Å². The molecular formula is C50H83NO7. The minimum absolute atomic E-state index is 0.0225. The average molecular weight is 810 g/mol. The molecule has 2 atom stereocenters. The summed E-state index contributed by atoms with van der Waals surface area (Å²) in [5.41, 5.74) is 0. The van der Waals surface area contributed by atoms with Gasteiger partial charge in [0.15, 0.2) is 6.10 Å². The number of hydrogen-bond donors (Lipinski definition) is 0. The Morgan fingerprint density at radius 1 is 0.534 bits per heavy atom. The first-order valence-electron chi connectivity index (χ1n) is 22.7. The molecule has 0 amide bonds. The molecule has 0 aliphatic carbocycles. The lowest BCUT2D eigenvalue weighted by molar-refractivity contribution is -0.889. The molecule has 0 aromatic carbocycles. The lowest BCUT2D eigenvalue weighted by Gasteiger charge is -2.34. The summed E-state index contributed by atoms with van der Waals surface area (Å²) < 4.78 is 17.1. The maximum atomic E-state index is 12.7. The van der Waals surface area contributed by atoms with E-state index in [1.54, 1.807) is 21.1 Å². The Bertz CT molecular complexity index is 1220. The monoisotopic (exact) mass is 810 g/mol. The van der Waals surface area contributed by atoms with Crippen LogP contribution in [-0.4, -0.2) is 75.5 Å². The molecule has 330 valence electrons. The van der Waals surface area contributed by atoms with E-state index in [2.05, 4.69) is 26.0 Å². The molecule has 8 nitrogen and oxygen atoms in total. The van der Waals surface area contributed by atoms with Gasteiger partial charge in [-0.15, -0.1) is 0 Å². The van der Waals surface area contributed by atoms with E-state index in [1.165, 1.54) is 77.0 Å². The summed E-state index contributed by atoms with van der Waals surface area (Å²) in [4.78, 5) is 36.9. The van der Waals surface area contributed by atoms with Crippen LogP contribution in [0.15, 0.2) is 85.1 Å². The summed E-state index contributed by atoms with van der Waals surface area (Å²) in [6.07, 6.45) is 51.7. The van der Waals surface area contributed by atoms with E-state index in [0.29, 0.717) is 19.3 Å². The Morgan fingerprint density at radius 2 is 0.966 bits per heavy atom. The van der Waals surface area contributed by atoms with E-state index in [9.17, 15) is 19.5 Å². The fourth-order valence-electron chi connectivity index (χ4n) is 6.23. The van der Waals surface area contributed by atoms with E-state index >= 15 is 0 Å². The number of esters is 2. The lowest BCUT2D eigenvalue weighted by Crippen LogP contribution is -2.55. The number of quaternary nitrogens is 1. The highest BCUT2D eigenvalue weighted by molar-refractivity contribution is 5.70. The van der Waals surface area contributed by atoms with Crippen molar-refractivity contribution in [3.63, 3.8) is 0 Å². The highest BCUT2D eigenvalue weighted by atomic mass is 16.6. The average Bonchev–Trinajstić information content (AvgIpc) is 3.18. The van der Waals surface area contributed by atoms with E-state index < -0.39 is 18.1 Å². The second kappa shape index (κ2) is 40.3. The van der Waals surface area contributed by atoms with Gasteiger partial charge in [0.05, 0.1) is 40.3 Å². The minimum Gasteiger partial charge on any atom is -0.544 e. The van der Waals surface area contributed by atoms with Crippen molar-refractivity contribution in [2.45, 2.75) is 174 Å². The molecule has 0 N–H and O–H groups in total. The van der Waals surface area contributed by atoms with Gasteiger partial charge in [0.1, 0.15) is 12.6 Å². The quantitative estimate of drug-likeness (QED) is 0.0264. The fraction of sp³-hybridized carbons (Fsp3) is 0.660. The Morgan fingerprint density at radius 3 is 1.43 bits per heavy atom. The SMILES string of the molecule is CC/C=C/C=C/C=C/C=C/C=C/C=C/C=C/CCCCCC(=O)OCC(COCCC(C(=O)[O-])[N+](C)(C)C)OC(=O)CCCCCCCCCCCCCCCCC. The van der Waals surface area contributed by atoms with Crippen molar-refractivity contribution in [2.75, 3.05) is 41.0 Å². The van der Waals surface area contributed by atoms with Crippen LogP contribution >= 0.6 is 0 Å². The normalized spacial score (nSPS) is 13.7. The second-order valence-electron chi connectivity index (χ2n) is 16.1. The smallest absolute Gasteiger partial charge is 0.306 e. The summed E-state index contributed by atoms with van der Waals surface area (Å²) in [5, 5.41) is 11.6. The summed E-state index contributed by atoms with van der Waals surface area (Å²) in [7, 11) is 5.39. The Kier molecular flexibility index (Phi) is 37.9. The van der Waals surface area contributed by atoms with Gasteiger partial charge >= 0.3 is 11.9 Å². The van der Waals surface area contributed by atoms with Gasteiger partial charge in [0.2, 0.25) is 0 Å². The molecule has 0 spiro atoms. The number of nitrogens with zero attached hydrogens (tertiary/aromatic N) is 1. The van der Waals surface area contributed by atoms with Gasteiger partial charge in [-0.3, -0.25) is 9.59 Å². The van der Waals surface area contributed by atoms with Gasteiger partial charge in [-0.25, -0.2) is 0 Å². The van der Waals surface area contributed by atoms with Crippen molar-refractivity contribution < 1.29 is 38.2 Å². The van der Waals surface area contributed by atoms with Gasteiger partial charge < -0.3 is 28.6 Å². The third-order valence-electron chi connectivity index (χ3n) is 9.74. The van der Waals surface area contributed by atoms with Crippen LogP contribution < -0.4 is 5.11 Å². The number of carbonyl (C=O) groups is 3. The van der Waals surface area contributed by atoms with Gasteiger partial charge in [-0.1, -0.05) is 195 Å². The number of allylic oxidation sites excluding steroid dienone is 14. The molecule has 0 aliphatic rings. The summed E-state index contributed by atoms with van der Waals surface area (Å²) >= 11 is 0. The summed E-state index contributed by atoms with van der Waals surface area (Å²) in [6.45, 7) is 4.46. The van der Waals surface area contributed by atoms with Crippen LogP contribution in [0.25, 0.3) is 0 Å². The van der Waals surface area contributed by atoms with Gasteiger partial charge in [0, 0.05) is 19.3 Å². The molecular weight excluding hydrogens is 727 g/mol. The van der Waals surface area contributed by atoms with Gasteiger partial charge in [-0.2, -0.15) is 0 Å². The molecule has 8 heteroatoms. The van der Waals surface area contributed by atoms with Crippen LogP contribution in [0.2, 0.25) is 0 Å². The molecule has 0 aromatic rings. The molecule has 0 rings (SSSR count). The Balaban J connectivity index is 4.45. The van der Waals surface area contributed by atoms with Crippen molar-refractivity contribution in [3.05, 3.63) is 85.1 Å². The predicted octanol–water partition coefficient (Wildman–Crippen LogP) is 11.2. The molecule has 0 bridgehead atoms. The van der Waals surface area contributed by atoms with Crippen molar-refractivity contribution >= 4 is 17.9 Å². The summed E-state index contributed by atoms with van der Waals surface area (Å²) in [6, 6.07) is -0.736. The second-order valence-corrected chi connectivity index (χ2v) is 16.1. The third-order valence-corrected chi connectivity index (χ3v) is 9.74. The summed E-state index contributed by atoms with van der Waals surface area (Å²) in [5.74, 6) is -1.80. The van der Waals surface area contributed by atoms with Crippen LogP contribution in [0.3, 0.4) is 0 Å². The number of carboxylic acids is 1. The fourth-order valence-corrected chi connectivity index (χ4v) is 6.23. The zero-order valence-corrected chi connectivity index (χ0v) is 37.4. The molecule has 0 saturated heterocycles. The third kappa shape index (κ3) is 38.1. The van der Waals surface area contributed by atoms with Crippen LogP contribution in [0.1, 0.15) is 162 Å². The number of carboxylic acid groups (broad SMARTS) is 1. The van der Waals surface area contributed by atoms with Crippen LogP contribution in [0.5, 0.6) is 0 Å². The topological polar surface area (TPSA) is 102 Å². The van der Waals surface area contributed by atoms with E-state index in [0.717, 1.165) is 44.9 Å². The predicted molar refractivity (Wildman–Crippen MR) is 240 cm³/mol. The van der Waals surface area contributed by atoms with Crippen molar-refractivity contribution in [3.8, 4) is 0 Å². The van der Waals surface area contributed by atoms with Crippen molar-refractivity contribution in [1.82, 2.24) is 0 Å². The van der Waals surface area contributed by atoms with Crippen LogP contribution in [-0.2, 0) is 28.6 Å². The number of hydrogen-bond acceptors (Lipinski definition) is 7. The molecule has 0 radical (unpaired) electrons. The van der Waals surface area contributed by atoms with Crippen LogP contribution in [0, 0.1) is 0 Å². The zero-order valence-electron chi connectivity index (χ0n) is 37.4. The molecule has 58 heavy (non-hydrogen) atoms. The van der Waals surface area contributed by atoms with Crippen molar-refractivity contribution in [2.24, 2.45) is 0 Å². The van der Waals surface area contributed by atoms with E-state index in [-0.39, 0.29) is 42.7 Å². The number of ether oxygens (including phenoxy) is 3. The van der Waals surface area contributed by atoms with Crippen molar-refractivity contribution in [1.29, 1.82) is 0 Å². The molecule has 0 fully saturated rings. The number of likely N-dealkylation sites (N-methyl/N-ethyl adjacent to an activating group) is 1. The number of unbranched alkanes of at least 4 members (excludes halogenated alkanes) is 17. The molecule has 2 unspecified atom stereocenters. The largest absolute Gasteiger partial charge is 0.544 e. The number of rotatable bonds is 39. The lowest BCUT2D eigenvalue weighted by atomic mass is 10.0. The first-order valence-corrected chi connectivity index (χ1v) is 22.7. The Labute approximate surface area is 354 Å². The standard InChI is InChI=1S/C50H83NO7/c1-6-8-10-12-14-16-18-20-22-23-24-25-27-28-30-32-34-36-38-40-48(52)57-45-46(44-56-43-42-47(50(54)55)51(3,4)5)58-49(53)41-39-37-35-33-31-29-26-21-19-17-15-13-11-9-7-2/h8,10,12,14,16,18,20,22-25,27-28,30,46-47H,6-7,9,11,13,15,17,19,21,26,29,31-45H2,1-5H3/b10-8+,14-12+,18-16+,22-20+,24-23+,27-25+,30-28+. The molecule has 0 saturated carbocycles. The molecule has 0 aliphatic heterocycles. The first kappa shape index (κ1) is 54.5. The molecule has 0 heterocycles. The number of aliphatic carboxylic acids is 1. The zero-order chi connectivity index (χ0) is 42.8. The highest BCUT2D eigenvalue weighted by Gasteiger charge is 2.25. The van der Waals surface area contributed by atoms with Crippen LogP contribution in [0.4, 0.5) is 0 Å². The highest BCUT2D eigenvalue weighted by Crippen LogP contribution is 2.15. The van der Waals surface area contributed by atoms with E-state index in [4.69, 9.17) is 14.2 Å². The van der Waals surface area contributed by atoms with Gasteiger partial charge in [-0.05, 0) is 32.1 Å². The first-order chi connectivity index (χ1) is 28.1. The maximum Gasteiger partial charge on any atom is 0.306 e. The Hall–Kier alpha value is -3.49. The van der Waals surface area contributed by atoms with Gasteiger partial charge in [0.25, 0.3) is 0 Å². The maximum absolute atomic E-state index is 12.7. The molecule has 0 aromatic heterocycles.